The second-order valence-electron chi connectivity index (χ2n) is 4.17. The van der Waals surface area contributed by atoms with Crippen LogP contribution in [0.2, 0.25) is 0 Å². The molecule has 1 aromatic carbocycles. The summed E-state index contributed by atoms with van der Waals surface area (Å²) in [7, 11) is 0. The van der Waals surface area contributed by atoms with Crippen molar-refractivity contribution < 1.29 is 14.3 Å². The van der Waals surface area contributed by atoms with Gasteiger partial charge in [-0.15, -0.1) is 0 Å². The average molecular weight is 223 g/mol. The molecule has 1 amide bonds. The van der Waals surface area contributed by atoms with Crippen LogP contribution in [0, 0.1) is 5.82 Å². The van der Waals surface area contributed by atoms with E-state index in [4.69, 9.17) is 5.11 Å². The number of halogens is 1. The van der Waals surface area contributed by atoms with Crippen LogP contribution in [0.3, 0.4) is 0 Å². The zero-order valence-corrected chi connectivity index (χ0v) is 9.06. The smallest absolute Gasteiger partial charge is 0.230 e. The number of nitrogens with zero attached hydrogens (tertiary/aromatic N) is 1. The van der Waals surface area contributed by atoms with Crippen LogP contribution >= 0.6 is 0 Å². The van der Waals surface area contributed by atoms with Gasteiger partial charge in [0.25, 0.3) is 0 Å². The monoisotopic (exact) mass is 223 g/mol. The molecule has 0 aromatic heterocycles. The normalized spacial score (nSPS) is 18.1. The van der Waals surface area contributed by atoms with E-state index in [0.717, 1.165) is 0 Å². The van der Waals surface area contributed by atoms with Crippen molar-refractivity contribution in [2.75, 3.05) is 13.1 Å². The van der Waals surface area contributed by atoms with Gasteiger partial charge in [0.15, 0.2) is 0 Å². The molecule has 1 aliphatic heterocycles. The first kappa shape index (κ1) is 11.1. The number of rotatable bonds is 2. The number of benzene rings is 1. The summed E-state index contributed by atoms with van der Waals surface area (Å²) in [5.41, 5.74) is 0.673. The van der Waals surface area contributed by atoms with Gasteiger partial charge in [-0.05, 0) is 24.6 Å². The van der Waals surface area contributed by atoms with Crippen LogP contribution < -0.4 is 0 Å². The van der Waals surface area contributed by atoms with Gasteiger partial charge < -0.3 is 10.0 Å². The number of aliphatic hydroxyl groups excluding tert-OH is 1. The molecule has 1 fully saturated rings. The average Bonchev–Trinajstić information content (AvgIpc) is 2.23. The van der Waals surface area contributed by atoms with E-state index < -0.39 is 6.10 Å². The summed E-state index contributed by atoms with van der Waals surface area (Å²) < 4.78 is 13.0. The van der Waals surface area contributed by atoms with Gasteiger partial charge in [-0.25, -0.2) is 4.39 Å². The number of hydrogen-bond acceptors (Lipinski definition) is 2. The van der Waals surface area contributed by atoms with E-state index in [1.807, 2.05) is 0 Å². The molecule has 16 heavy (non-hydrogen) atoms. The van der Waals surface area contributed by atoms with Crippen LogP contribution in [-0.2, 0) is 4.79 Å². The third-order valence-electron chi connectivity index (χ3n) is 2.89. The lowest BCUT2D eigenvalue weighted by Crippen LogP contribution is -2.54. The van der Waals surface area contributed by atoms with Crippen molar-refractivity contribution in [3.05, 3.63) is 35.6 Å². The lowest BCUT2D eigenvalue weighted by Gasteiger charge is -2.37. The van der Waals surface area contributed by atoms with Crippen molar-refractivity contribution in [1.29, 1.82) is 0 Å². The summed E-state index contributed by atoms with van der Waals surface area (Å²) in [6, 6.07) is 6.06. The van der Waals surface area contributed by atoms with Gasteiger partial charge in [-0.3, -0.25) is 4.79 Å². The third-order valence-corrected chi connectivity index (χ3v) is 2.89. The maximum absolute atomic E-state index is 13.0. The fraction of sp³-hybridized carbons (Fsp3) is 0.417. The highest BCUT2D eigenvalue weighted by Crippen LogP contribution is 2.21. The van der Waals surface area contributed by atoms with Crippen LogP contribution in [0.4, 0.5) is 4.39 Å². The molecule has 1 aliphatic rings. The topological polar surface area (TPSA) is 40.5 Å². The molecule has 2 rings (SSSR count). The predicted molar refractivity (Wildman–Crippen MR) is 57.4 cm³/mol. The summed E-state index contributed by atoms with van der Waals surface area (Å²) in [5, 5.41) is 9.11. The Morgan fingerprint density at radius 2 is 2.25 bits per heavy atom. The molecule has 1 atom stereocenters. The number of hydrogen-bond donors (Lipinski definition) is 1. The molecule has 4 heteroatoms. The minimum atomic E-state index is -0.399. The van der Waals surface area contributed by atoms with E-state index in [9.17, 15) is 9.18 Å². The molecule has 1 heterocycles. The summed E-state index contributed by atoms with van der Waals surface area (Å²) in [6.45, 7) is 2.53. The number of aliphatic hydroxyl groups is 1. The quantitative estimate of drug-likeness (QED) is 0.816. The van der Waals surface area contributed by atoms with Crippen LogP contribution in [0.1, 0.15) is 18.4 Å². The van der Waals surface area contributed by atoms with Gasteiger partial charge in [0.05, 0.1) is 12.0 Å². The summed E-state index contributed by atoms with van der Waals surface area (Å²) >= 11 is 0. The largest absolute Gasteiger partial charge is 0.389 e. The SMILES string of the molecule is CC(C(=O)N1CC(O)C1)c1cccc(F)c1. The Labute approximate surface area is 93.5 Å². The summed E-state index contributed by atoms with van der Waals surface area (Å²) in [5.74, 6) is -0.750. The Bertz CT molecular complexity index is 402. The Morgan fingerprint density at radius 3 is 2.81 bits per heavy atom. The third kappa shape index (κ3) is 2.07. The molecule has 3 nitrogen and oxygen atoms in total. The summed E-state index contributed by atoms with van der Waals surface area (Å²) in [4.78, 5) is 13.5. The van der Waals surface area contributed by atoms with Crippen molar-refractivity contribution in [1.82, 2.24) is 4.90 Å². The van der Waals surface area contributed by atoms with Gasteiger partial charge in [0, 0.05) is 13.1 Å². The second kappa shape index (κ2) is 4.22. The Morgan fingerprint density at radius 1 is 1.56 bits per heavy atom. The van der Waals surface area contributed by atoms with E-state index in [0.29, 0.717) is 18.7 Å². The molecule has 0 saturated carbocycles. The van der Waals surface area contributed by atoms with Crippen LogP contribution in [-0.4, -0.2) is 35.1 Å². The Kier molecular flexibility index (Phi) is 2.92. The van der Waals surface area contributed by atoms with E-state index in [-0.39, 0.29) is 17.6 Å². The van der Waals surface area contributed by atoms with Crippen molar-refractivity contribution in [2.24, 2.45) is 0 Å². The zero-order valence-electron chi connectivity index (χ0n) is 9.06. The maximum Gasteiger partial charge on any atom is 0.230 e. The van der Waals surface area contributed by atoms with Gasteiger partial charge in [0.1, 0.15) is 5.82 Å². The van der Waals surface area contributed by atoms with Gasteiger partial charge in [-0.2, -0.15) is 0 Å². The molecule has 86 valence electrons. The molecular weight excluding hydrogens is 209 g/mol. The molecule has 1 unspecified atom stereocenters. The van der Waals surface area contributed by atoms with E-state index in [2.05, 4.69) is 0 Å². The van der Waals surface area contributed by atoms with Crippen molar-refractivity contribution in [3.8, 4) is 0 Å². The maximum atomic E-state index is 13.0. The van der Waals surface area contributed by atoms with Crippen LogP contribution in [0.15, 0.2) is 24.3 Å². The number of likely N-dealkylation sites (tertiary alicyclic amines) is 1. The van der Waals surface area contributed by atoms with Crippen molar-refractivity contribution in [2.45, 2.75) is 18.9 Å². The highest BCUT2D eigenvalue weighted by Gasteiger charge is 2.31. The first-order valence-electron chi connectivity index (χ1n) is 5.30. The van der Waals surface area contributed by atoms with Crippen molar-refractivity contribution in [3.63, 3.8) is 0 Å². The molecule has 1 N–H and O–H groups in total. The lowest BCUT2D eigenvalue weighted by atomic mass is 9.97. The highest BCUT2D eigenvalue weighted by molar-refractivity contribution is 5.84. The fourth-order valence-corrected chi connectivity index (χ4v) is 1.83. The lowest BCUT2D eigenvalue weighted by molar-refractivity contribution is -0.142. The van der Waals surface area contributed by atoms with Gasteiger partial charge >= 0.3 is 0 Å². The molecule has 0 spiro atoms. The molecule has 1 saturated heterocycles. The second-order valence-corrected chi connectivity index (χ2v) is 4.17. The Hall–Kier alpha value is -1.42. The highest BCUT2D eigenvalue weighted by atomic mass is 19.1. The summed E-state index contributed by atoms with van der Waals surface area (Å²) in [6.07, 6.45) is -0.399. The molecule has 1 aromatic rings. The number of carbonyl (C=O) groups is 1. The molecular formula is C12H14FNO2. The fourth-order valence-electron chi connectivity index (χ4n) is 1.83. The minimum Gasteiger partial charge on any atom is -0.389 e. The predicted octanol–water partition coefficient (Wildman–Crippen LogP) is 1.13. The van der Waals surface area contributed by atoms with Gasteiger partial charge in [-0.1, -0.05) is 12.1 Å². The number of β-amino-alcohol motifs (C(OH)–C–C–N with tert-alkyl or cyclic N) is 1. The molecule has 0 radical (unpaired) electrons. The minimum absolute atomic E-state index is 0.0594. The molecule has 0 bridgehead atoms. The molecule has 0 aliphatic carbocycles. The van der Waals surface area contributed by atoms with Crippen LogP contribution in [0.5, 0.6) is 0 Å². The standard InChI is InChI=1S/C12H14FNO2/c1-8(9-3-2-4-10(13)5-9)12(16)14-6-11(15)7-14/h2-5,8,11,15H,6-7H2,1H3. The Balaban J connectivity index is 2.07. The van der Waals surface area contributed by atoms with Crippen LogP contribution in [0.25, 0.3) is 0 Å². The van der Waals surface area contributed by atoms with E-state index in [1.165, 1.54) is 12.1 Å². The number of amides is 1. The zero-order chi connectivity index (χ0) is 11.7. The van der Waals surface area contributed by atoms with Gasteiger partial charge in [0.2, 0.25) is 5.91 Å². The first-order valence-corrected chi connectivity index (χ1v) is 5.30. The number of carbonyl (C=O) groups excluding carboxylic acids is 1. The van der Waals surface area contributed by atoms with E-state index >= 15 is 0 Å². The van der Waals surface area contributed by atoms with Crippen molar-refractivity contribution >= 4 is 5.91 Å². The van der Waals surface area contributed by atoms with E-state index in [1.54, 1.807) is 24.0 Å². The first-order chi connectivity index (χ1) is 7.58.